The van der Waals surface area contributed by atoms with Gasteiger partial charge in [-0.25, -0.2) is 0 Å². The Balaban J connectivity index is 0. The number of hydrogen-bond acceptors (Lipinski definition) is 3. The molecule has 0 saturated heterocycles. The first-order chi connectivity index (χ1) is 11.0. The molecule has 23 heavy (non-hydrogen) atoms. The fourth-order valence-corrected chi connectivity index (χ4v) is 4.51. The molecular formula is C19H41BiO3. The van der Waals surface area contributed by atoms with Crippen LogP contribution in [0.1, 0.15) is 92.9 Å². The van der Waals surface area contributed by atoms with E-state index in [1.807, 2.05) is 0 Å². The standard InChI is InChI=1S/2C8H17O.C3H7O.Bi/c2*1-3-5-6-8(4-2)7-9;1-3(2)4;/h2*8H,3-7H2,1-2H3;3H,1-2H3;/q3*-1;+3. The summed E-state index contributed by atoms with van der Waals surface area (Å²) in [5, 5.41) is 9.53. The van der Waals surface area contributed by atoms with Gasteiger partial charge in [0, 0.05) is 0 Å². The minimum atomic E-state index is -1.10. The van der Waals surface area contributed by atoms with Crippen molar-refractivity contribution in [1.29, 1.82) is 0 Å². The molecule has 0 aliphatic rings. The second-order valence-corrected chi connectivity index (χ2v) is 9.13. The summed E-state index contributed by atoms with van der Waals surface area (Å²) < 4.78 is 11.7. The number of unbranched alkanes of at least 4 members (excludes halogenated alkanes) is 2. The first kappa shape index (κ1) is 26.0. The SMILES string of the molecule is CC(C)[O-].CCCCC(CC)C[O][Bi+][O]CC(CC)CCCC. The van der Waals surface area contributed by atoms with Gasteiger partial charge in [0.05, 0.1) is 0 Å². The van der Waals surface area contributed by atoms with E-state index in [2.05, 4.69) is 27.7 Å². The molecule has 0 aliphatic carbocycles. The Kier molecular flexibility index (Phi) is 23.5. The van der Waals surface area contributed by atoms with Crippen LogP contribution < -0.4 is 5.11 Å². The van der Waals surface area contributed by atoms with Gasteiger partial charge >= 0.3 is 134 Å². The van der Waals surface area contributed by atoms with Crippen LogP contribution in [0.3, 0.4) is 0 Å². The van der Waals surface area contributed by atoms with E-state index in [0.29, 0.717) is 0 Å². The average molecular weight is 527 g/mol. The van der Waals surface area contributed by atoms with E-state index < -0.39 is 30.2 Å². The topological polar surface area (TPSA) is 41.5 Å². The Morgan fingerprint density at radius 2 is 1.13 bits per heavy atom. The Morgan fingerprint density at radius 1 is 0.783 bits per heavy atom. The first-order valence-corrected chi connectivity index (χ1v) is 12.4. The summed E-state index contributed by atoms with van der Waals surface area (Å²) in [7, 11) is 0. The van der Waals surface area contributed by atoms with Crippen molar-refractivity contribution in [3.63, 3.8) is 0 Å². The minimum absolute atomic E-state index is 0.417. The van der Waals surface area contributed by atoms with Crippen molar-refractivity contribution >= 4 is 24.1 Å². The van der Waals surface area contributed by atoms with Gasteiger partial charge < -0.3 is 5.11 Å². The van der Waals surface area contributed by atoms with Gasteiger partial charge in [0.15, 0.2) is 0 Å². The molecule has 0 saturated carbocycles. The molecule has 0 N–H and O–H groups in total. The maximum atomic E-state index is 9.53. The molecule has 0 amide bonds. The zero-order chi connectivity index (χ0) is 17.9. The van der Waals surface area contributed by atoms with Gasteiger partial charge in [-0.05, 0) is 0 Å². The van der Waals surface area contributed by atoms with Gasteiger partial charge in [0.2, 0.25) is 0 Å². The van der Waals surface area contributed by atoms with E-state index >= 15 is 0 Å². The van der Waals surface area contributed by atoms with Gasteiger partial charge in [0.1, 0.15) is 0 Å². The Hall–Kier alpha value is 0.763. The van der Waals surface area contributed by atoms with Crippen molar-refractivity contribution in [3.05, 3.63) is 0 Å². The molecule has 0 spiro atoms. The molecule has 2 radical (unpaired) electrons. The molecule has 140 valence electrons. The molecule has 0 rings (SSSR count). The molecule has 0 heterocycles. The monoisotopic (exact) mass is 526 g/mol. The fraction of sp³-hybridized carbons (Fsp3) is 1.00. The number of rotatable bonds is 14. The molecule has 0 aliphatic heterocycles. The first-order valence-electron chi connectivity index (χ1n) is 9.61. The predicted molar refractivity (Wildman–Crippen MR) is 99.4 cm³/mol. The van der Waals surface area contributed by atoms with Crippen molar-refractivity contribution in [2.45, 2.75) is 99.0 Å². The molecule has 4 heteroatoms. The Labute approximate surface area is 158 Å². The third kappa shape index (κ3) is 22.8. The van der Waals surface area contributed by atoms with Crippen molar-refractivity contribution in [1.82, 2.24) is 0 Å². The summed E-state index contributed by atoms with van der Waals surface area (Å²) >= 11 is -1.10. The molecule has 0 fully saturated rings. The van der Waals surface area contributed by atoms with E-state index in [-0.39, 0.29) is 0 Å². The van der Waals surface area contributed by atoms with Crippen LogP contribution >= 0.6 is 0 Å². The van der Waals surface area contributed by atoms with Crippen LogP contribution in [0.2, 0.25) is 0 Å². The molecule has 2 atom stereocenters. The zero-order valence-electron chi connectivity index (χ0n) is 16.5. The van der Waals surface area contributed by atoms with E-state index in [1.165, 1.54) is 51.4 Å². The summed E-state index contributed by atoms with van der Waals surface area (Å²) in [4.78, 5) is 0. The van der Waals surface area contributed by atoms with Gasteiger partial charge in [-0.15, -0.1) is 6.10 Å². The third-order valence-corrected chi connectivity index (χ3v) is 5.79. The van der Waals surface area contributed by atoms with Crippen LogP contribution in [0.4, 0.5) is 0 Å². The van der Waals surface area contributed by atoms with Gasteiger partial charge in [-0.3, -0.25) is 0 Å². The van der Waals surface area contributed by atoms with E-state index in [9.17, 15) is 5.11 Å². The van der Waals surface area contributed by atoms with E-state index in [0.717, 1.165) is 25.0 Å². The van der Waals surface area contributed by atoms with Crippen molar-refractivity contribution in [3.8, 4) is 0 Å². The summed E-state index contributed by atoms with van der Waals surface area (Å²) in [6.07, 6.45) is 9.98. The van der Waals surface area contributed by atoms with Crippen LogP contribution in [0.15, 0.2) is 0 Å². The van der Waals surface area contributed by atoms with E-state index in [4.69, 9.17) is 5.63 Å². The molecular weight excluding hydrogens is 485 g/mol. The van der Waals surface area contributed by atoms with Crippen LogP contribution in [0, 0.1) is 11.8 Å². The van der Waals surface area contributed by atoms with Crippen LogP contribution in [-0.2, 0) is 5.63 Å². The van der Waals surface area contributed by atoms with Crippen LogP contribution in [0.5, 0.6) is 0 Å². The van der Waals surface area contributed by atoms with Gasteiger partial charge in [-0.1, -0.05) is 13.8 Å². The zero-order valence-corrected chi connectivity index (χ0v) is 20.0. The second-order valence-electron chi connectivity index (χ2n) is 6.55. The summed E-state index contributed by atoms with van der Waals surface area (Å²) in [6.45, 7) is 14.2. The van der Waals surface area contributed by atoms with Crippen molar-refractivity contribution < 1.29 is 10.7 Å². The van der Waals surface area contributed by atoms with Crippen LogP contribution in [-0.4, -0.2) is 43.4 Å². The Bertz CT molecular complexity index is 192. The number of hydrogen-bond donors (Lipinski definition) is 0. The quantitative estimate of drug-likeness (QED) is 0.243. The summed E-state index contributed by atoms with van der Waals surface area (Å²) in [5.41, 5.74) is 0. The normalized spacial score (nSPS) is 13.6. The Morgan fingerprint density at radius 3 is 1.39 bits per heavy atom. The predicted octanol–water partition coefficient (Wildman–Crippen LogP) is 4.74. The molecule has 0 aromatic heterocycles. The maximum absolute atomic E-state index is 9.53. The molecule has 0 aromatic rings. The van der Waals surface area contributed by atoms with E-state index in [1.54, 1.807) is 13.8 Å². The van der Waals surface area contributed by atoms with Crippen molar-refractivity contribution in [2.75, 3.05) is 13.2 Å². The van der Waals surface area contributed by atoms with Gasteiger partial charge in [-0.2, -0.15) is 0 Å². The summed E-state index contributed by atoms with van der Waals surface area (Å²) in [6, 6.07) is 0. The molecule has 0 bridgehead atoms. The molecule has 0 aromatic carbocycles. The van der Waals surface area contributed by atoms with Gasteiger partial charge in [0.25, 0.3) is 0 Å². The average Bonchev–Trinajstić information content (AvgIpc) is 2.52. The van der Waals surface area contributed by atoms with Crippen LogP contribution in [0.25, 0.3) is 0 Å². The van der Waals surface area contributed by atoms with Crippen molar-refractivity contribution in [2.24, 2.45) is 11.8 Å². The fourth-order valence-electron chi connectivity index (χ4n) is 2.11. The molecule has 3 nitrogen and oxygen atoms in total. The molecule has 2 unspecified atom stereocenters. The third-order valence-electron chi connectivity index (χ3n) is 3.81. The summed E-state index contributed by atoms with van der Waals surface area (Å²) in [5.74, 6) is 1.52. The second kappa shape index (κ2) is 20.8.